The maximum Gasteiger partial charge on any atom is 0.222 e. The van der Waals surface area contributed by atoms with Crippen LogP contribution < -0.4 is 4.90 Å². The van der Waals surface area contributed by atoms with Crippen molar-refractivity contribution in [3.8, 4) is 0 Å². The van der Waals surface area contributed by atoms with Crippen molar-refractivity contribution in [2.45, 2.75) is 20.3 Å². The fraction of sp³-hybridized carbons (Fsp3) is 0.533. The third-order valence-electron chi connectivity index (χ3n) is 3.48. The lowest BCUT2D eigenvalue weighted by Gasteiger charge is -2.36. The number of piperazine rings is 1. The van der Waals surface area contributed by atoms with Crippen molar-refractivity contribution in [2.24, 2.45) is 5.92 Å². The van der Waals surface area contributed by atoms with Gasteiger partial charge < -0.3 is 9.80 Å². The molecule has 0 aliphatic carbocycles. The van der Waals surface area contributed by atoms with Crippen molar-refractivity contribution in [1.82, 2.24) is 4.90 Å². The highest BCUT2D eigenvalue weighted by molar-refractivity contribution is 6.31. The molecule has 110 valence electrons. The second kappa shape index (κ2) is 6.44. The highest BCUT2D eigenvalue weighted by Gasteiger charge is 2.22. The van der Waals surface area contributed by atoms with E-state index in [1.54, 1.807) is 12.1 Å². The van der Waals surface area contributed by atoms with Crippen LogP contribution >= 0.6 is 11.6 Å². The van der Waals surface area contributed by atoms with Crippen molar-refractivity contribution in [1.29, 1.82) is 0 Å². The Morgan fingerprint density at radius 2 is 1.95 bits per heavy atom. The summed E-state index contributed by atoms with van der Waals surface area (Å²) in [6.07, 6.45) is 0.600. The summed E-state index contributed by atoms with van der Waals surface area (Å²) in [4.78, 5) is 16.0. The standard InChI is InChI=1S/C15H20ClFN2O/c1-11(2)9-15(20)19-7-5-18(6-8-19)12-3-4-14(17)13(16)10-12/h3-4,10-11H,5-9H2,1-2H3. The maximum atomic E-state index is 13.2. The largest absolute Gasteiger partial charge is 0.368 e. The van der Waals surface area contributed by atoms with Gasteiger partial charge in [0.2, 0.25) is 5.91 Å². The Labute approximate surface area is 124 Å². The van der Waals surface area contributed by atoms with Crippen LogP contribution in [0.1, 0.15) is 20.3 Å². The number of anilines is 1. The van der Waals surface area contributed by atoms with Crippen LogP contribution in [0, 0.1) is 11.7 Å². The number of carbonyl (C=O) groups is 1. The monoisotopic (exact) mass is 298 g/mol. The van der Waals surface area contributed by atoms with E-state index in [2.05, 4.69) is 18.7 Å². The molecule has 2 rings (SSSR count). The van der Waals surface area contributed by atoms with Crippen LogP contribution in [0.4, 0.5) is 10.1 Å². The van der Waals surface area contributed by atoms with Crippen LogP contribution in [-0.2, 0) is 4.79 Å². The first-order chi connectivity index (χ1) is 9.47. The van der Waals surface area contributed by atoms with Crippen molar-refractivity contribution < 1.29 is 9.18 Å². The predicted molar refractivity (Wildman–Crippen MR) is 79.7 cm³/mol. The number of benzene rings is 1. The first-order valence-corrected chi connectivity index (χ1v) is 7.33. The zero-order valence-electron chi connectivity index (χ0n) is 11.9. The third kappa shape index (κ3) is 3.63. The number of nitrogens with zero attached hydrogens (tertiary/aromatic N) is 2. The summed E-state index contributed by atoms with van der Waals surface area (Å²) in [5.41, 5.74) is 0.910. The predicted octanol–water partition coefficient (Wildman–Crippen LogP) is 3.17. The zero-order valence-corrected chi connectivity index (χ0v) is 12.7. The van der Waals surface area contributed by atoms with Gasteiger partial charge in [-0.1, -0.05) is 25.4 Å². The molecular formula is C15H20ClFN2O. The molecule has 3 nitrogen and oxygen atoms in total. The molecule has 1 aliphatic heterocycles. The van der Waals surface area contributed by atoms with E-state index in [1.807, 2.05) is 4.90 Å². The second-order valence-electron chi connectivity index (χ2n) is 5.56. The molecule has 20 heavy (non-hydrogen) atoms. The fourth-order valence-corrected chi connectivity index (χ4v) is 2.55. The molecule has 0 radical (unpaired) electrons. The van der Waals surface area contributed by atoms with Gasteiger partial charge in [-0.05, 0) is 24.1 Å². The van der Waals surface area contributed by atoms with E-state index in [-0.39, 0.29) is 10.9 Å². The van der Waals surface area contributed by atoms with Crippen LogP contribution in [0.3, 0.4) is 0 Å². The summed E-state index contributed by atoms with van der Waals surface area (Å²) in [5, 5.41) is 0.140. The highest BCUT2D eigenvalue weighted by atomic mass is 35.5. The smallest absolute Gasteiger partial charge is 0.222 e. The van der Waals surface area contributed by atoms with Crippen molar-refractivity contribution in [2.75, 3.05) is 31.1 Å². The Bertz CT molecular complexity index is 485. The van der Waals surface area contributed by atoms with Gasteiger partial charge in [0, 0.05) is 38.3 Å². The van der Waals surface area contributed by atoms with E-state index in [0.29, 0.717) is 25.4 Å². The molecule has 0 aromatic heterocycles. The van der Waals surface area contributed by atoms with Gasteiger partial charge in [-0.15, -0.1) is 0 Å². The normalized spacial score (nSPS) is 15.8. The number of halogens is 2. The first kappa shape index (κ1) is 15.1. The molecule has 0 unspecified atom stereocenters. The number of amides is 1. The number of hydrogen-bond donors (Lipinski definition) is 0. The number of carbonyl (C=O) groups excluding carboxylic acids is 1. The molecule has 1 saturated heterocycles. The Balaban J connectivity index is 1.94. The van der Waals surface area contributed by atoms with Gasteiger partial charge in [0.15, 0.2) is 0 Å². The maximum absolute atomic E-state index is 13.2. The number of rotatable bonds is 3. The molecule has 1 heterocycles. The van der Waals surface area contributed by atoms with Crippen LogP contribution in [0.15, 0.2) is 18.2 Å². The molecule has 1 aromatic carbocycles. The van der Waals surface area contributed by atoms with E-state index in [9.17, 15) is 9.18 Å². The first-order valence-electron chi connectivity index (χ1n) is 6.95. The van der Waals surface area contributed by atoms with Gasteiger partial charge in [0.25, 0.3) is 0 Å². The van der Waals surface area contributed by atoms with Crippen LogP contribution in [0.2, 0.25) is 5.02 Å². The molecule has 0 saturated carbocycles. The van der Waals surface area contributed by atoms with Crippen molar-refractivity contribution >= 4 is 23.2 Å². The molecule has 0 N–H and O–H groups in total. The number of hydrogen-bond acceptors (Lipinski definition) is 2. The molecule has 1 fully saturated rings. The average molecular weight is 299 g/mol. The average Bonchev–Trinajstić information content (AvgIpc) is 2.41. The van der Waals surface area contributed by atoms with Crippen molar-refractivity contribution in [3.63, 3.8) is 0 Å². The van der Waals surface area contributed by atoms with Gasteiger partial charge >= 0.3 is 0 Å². The summed E-state index contributed by atoms with van der Waals surface area (Å²) < 4.78 is 13.2. The molecule has 1 aliphatic rings. The van der Waals surface area contributed by atoms with Gasteiger partial charge in [0.05, 0.1) is 5.02 Å². The molecule has 1 aromatic rings. The summed E-state index contributed by atoms with van der Waals surface area (Å²) >= 11 is 5.80. The van der Waals surface area contributed by atoms with Crippen molar-refractivity contribution in [3.05, 3.63) is 29.0 Å². The fourth-order valence-electron chi connectivity index (χ4n) is 2.37. The molecule has 0 spiro atoms. The Hall–Kier alpha value is -1.29. The van der Waals surface area contributed by atoms with Gasteiger partial charge in [-0.2, -0.15) is 0 Å². The summed E-state index contributed by atoms with van der Waals surface area (Å²) in [6, 6.07) is 4.75. The Morgan fingerprint density at radius 3 is 2.50 bits per heavy atom. The molecule has 5 heteroatoms. The van der Waals surface area contributed by atoms with Crippen LogP contribution in [-0.4, -0.2) is 37.0 Å². The highest BCUT2D eigenvalue weighted by Crippen LogP contribution is 2.23. The van der Waals surface area contributed by atoms with Crippen LogP contribution in [0.25, 0.3) is 0 Å². The van der Waals surface area contributed by atoms with Gasteiger partial charge in [-0.3, -0.25) is 4.79 Å². The van der Waals surface area contributed by atoms with Gasteiger partial charge in [-0.25, -0.2) is 4.39 Å². The molecular weight excluding hydrogens is 279 g/mol. The minimum absolute atomic E-state index is 0.140. The lowest BCUT2D eigenvalue weighted by molar-refractivity contribution is -0.132. The lowest BCUT2D eigenvalue weighted by atomic mass is 10.1. The lowest BCUT2D eigenvalue weighted by Crippen LogP contribution is -2.49. The summed E-state index contributed by atoms with van der Waals surface area (Å²) in [5.74, 6) is 0.203. The minimum atomic E-state index is -0.402. The summed E-state index contributed by atoms with van der Waals surface area (Å²) in [7, 11) is 0. The van der Waals surface area contributed by atoms with E-state index in [4.69, 9.17) is 11.6 Å². The minimum Gasteiger partial charge on any atom is -0.368 e. The quantitative estimate of drug-likeness (QED) is 0.856. The van der Waals surface area contributed by atoms with Crippen LogP contribution in [0.5, 0.6) is 0 Å². The topological polar surface area (TPSA) is 23.6 Å². The summed E-state index contributed by atoms with van der Waals surface area (Å²) in [6.45, 7) is 7.03. The molecule has 1 amide bonds. The Kier molecular flexibility index (Phi) is 4.86. The van der Waals surface area contributed by atoms with Gasteiger partial charge in [0.1, 0.15) is 5.82 Å². The molecule has 0 atom stereocenters. The van der Waals surface area contributed by atoms with E-state index >= 15 is 0 Å². The zero-order chi connectivity index (χ0) is 14.7. The third-order valence-corrected chi connectivity index (χ3v) is 3.77. The Morgan fingerprint density at radius 1 is 1.30 bits per heavy atom. The van der Waals surface area contributed by atoms with E-state index in [1.165, 1.54) is 6.07 Å². The SMILES string of the molecule is CC(C)CC(=O)N1CCN(c2ccc(F)c(Cl)c2)CC1. The van der Waals surface area contributed by atoms with E-state index < -0.39 is 5.82 Å². The molecule has 0 bridgehead atoms. The second-order valence-corrected chi connectivity index (χ2v) is 5.97. The van der Waals surface area contributed by atoms with E-state index in [0.717, 1.165) is 18.8 Å².